The van der Waals surface area contributed by atoms with Crippen LogP contribution in [0.2, 0.25) is 0 Å². The zero-order chi connectivity index (χ0) is 46.5. The SMILES string of the molecule is CC\C=C/C=C\C=C/C=C\C=C\C=C/C=C\CCCCCC(=O)OCC(COC(=O)CCC/C=C\C/C=C\C/C=C\CC)OC(=O)CCCCCCC/C=C\CCCCCCCCC. The Morgan fingerprint density at radius 3 is 1.23 bits per heavy atom. The summed E-state index contributed by atoms with van der Waals surface area (Å²) in [6, 6.07) is 0. The standard InChI is InChI=1S/C58H90O6/c1-4-7-10-13-16-19-22-24-26-28-29-30-32-33-36-39-42-45-48-51-57(60)63-54-55(53-62-56(59)50-47-44-41-38-35-21-18-15-12-9-6-3)64-58(61)52-49-46-43-40-37-34-31-27-25-23-20-17-14-11-8-5-2/h7,9-10,12-13,16,18-19,21-22,24,26-33,36,38,41,55H,4-6,8,11,14-15,17,20,23,25,34-35,37,39-40,42-54H2,1-3H3/b10-7-,12-9-,16-13-,21-18-,22-19-,26-24-,29-28+,31-27-,32-30-,36-33-,41-38-. The number of unbranched alkanes of at least 4 members (excludes halogenated alkanes) is 16. The molecule has 0 bridgehead atoms. The van der Waals surface area contributed by atoms with Gasteiger partial charge in [0.15, 0.2) is 6.10 Å². The lowest BCUT2D eigenvalue weighted by Gasteiger charge is -2.18. The zero-order valence-corrected chi connectivity index (χ0v) is 40.7. The molecule has 1 unspecified atom stereocenters. The quantitative estimate of drug-likeness (QED) is 0.0200. The fraction of sp³-hybridized carbons (Fsp3) is 0.569. The summed E-state index contributed by atoms with van der Waals surface area (Å²) >= 11 is 0. The minimum atomic E-state index is -0.826. The Morgan fingerprint density at radius 1 is 0.344 bits per heavy atom. The first-order valence-electron chi connectivity index (χ1n) is 25.3. The summed E-state index contributed by atoms with van der Waals surface area (Å²) in [7, 11) is 0. The number of carbonyl (C=O) groups excluding carboxylic acids is 3. The van der Waals surface area contributed by atoms with E-state index in [1.54, 1.807) is 0 Å². The van der Waals surface area contributed by atoms with Gasteiger partial charge in [-0.3, -0.25) is 14.4 Å². The molecular weight excluding hydrogens is 793 g/mol. The van der Waals surface area contributed by atoms with Crippen LogP contribution in [0.1, 0.15) is 194 Å². The molecule has 0 aliphatic rings. The van der Waals surface area contributed by atoms with Crippen LogP contribution >= 0.6 is 0 Å². The fourth-order valence-corrected chi connectivity index (χ4v) is 6.32. The Hall–Kier alpha value is -4.45. The van der Waals surface area contributed by atoms with Gasteiger partial charge in [-0.05, 0) is 89.9 Å². The van der Waals surface area contributed by atoms with Crippen molar-refractivity contribution in [1.29, 1.82) is 0 Å². The average molecular weight is 883 g/mol. The Kier molecular flexibility index (Phi) is 47.6. The summed E-state index contributed by atoms with van der Waals surface area (Å²) in [5.74, 6) is -1.04. The van der Waals surface area contributed by atoms with E-state index < -0.39 is 6.10 Å². The molecule has 0 aromatic carbocycles. The van der Waals surface area contributed by atoms with E-state index in [2.05, 4.69) is 81.5 Å². The molecule has 0 saturated carbocycles. The number of hydrogen-bond donors (Lipinski definition) is 0. The van der Waals surface area contributed by atoms with Gasteiger partial charge in [-0.25, -0.2) is 0 Å². The van der Waals surface area contributed by atoms with Gasteiger partial charge >= 0.3 is 17.9 Å². The van der Waals surface area contributed by atoms with Crippen LogP contribution in [0.25, 0.3) is 0 Å². The Bertz CT molecular complexity index is 1430. The average Bonchev–Trinajstić information content (AvgIpc) is 3.29. The maximum atomic E-state index is 12.8. The van der Waals surface area contributed by atoms with Crippen molar-refractivity contribution in [2.45, 2.75) is 200 Å². The number of ether oxygens (including phenoxy) is 3. The third kappa shape index (κ3) is 48.6. The van der Waals surface area contributed by atoms with Gasteiger partial charge in [-0.15, -0.1) is 0 Å². The minimum absolute atomic E-state index is 0.126. The fourth-order valence-electron chi connectivity index (χ4n) is 6.32. The molecule has 0 spiro atoms. The Labute approximate surface area is 392 Å². The lowest BCUT2D eigenvalue weighted by atomic mass is 10.1. The normalized spacial score (nSPS) is 13.2. The van der Waals surface area contributed by atoms with Gasteiger partial charge in [0.25, 0.3) is 0 Å². The van der Waals surface area contributed by atoms with Gasteiger partial charge in [-0.1, -0.05) is 219 Å². The molecule has 6 nitrogen and oxygen atoms in total. The Balaban J connectivity index is 4.56. The van der Waals surface area contributed by atoms with E-state index in [4.69, 9.17) is 14.2 Å². The predicted molar refractivity (Wildman–Crippen MR) is 274 cm³/mol. The van der Waals surface area contributed by atoms with E-state index in [0.717, 1.165) is 83.5 Å². The number of hydrogen-bond acceptors (Lipinski definition) is 6. The largest absolute Gasteiger partial charge is 0.462 e. The van der Waals surface area contributed by atoms with Crippen LogP contribution < -0.4 is 0 Å². The van der Waals surface area contributed by atoms with Gasteiger partial charge in [0.05, 0.1) is 0 Å². The zero-order valence-electron chi connectivity index (χ0n) is 40.7. The predicted octanol–water partition coefficient (Wildman–Crippen LogP) is 16.7. The monoisotopic (exact) mass is 883 g/mol. The summed E-state index contributed by atoms with van der Waals surface area (Å²) in [5, 5.41) is 0. The molecule has 0 N–H and O–H groups in total. The summed E-state index contributed by atoms with van der Waals surface area (Å²) in [6.45, 7) is 6.25. The number of esters is 3. The molecular formula is C58H90O6. The highest BCUT2D eigenvalue weighted by Crippen LogP contribution is 2.12. The van der Waals surface area contributed by atoms with Crippen molar-refractivity contribution in [3.05, 3.63) is 134 Å². The molecule has 0 saturated heterocycles. The van der Waals surface area contributed by atoms with E-state index in [1.807, 2.05) is 72.9 Å². The topological polar surface area (TPSA) is 78.9 Å². The van der Waals surface area contributed by atoms with E-state index >= 15 is 0 Å². The van der Waals surface area contributed by atoms with Gasteiger partial charge in [0, 0.05) is 19.3 Å². The van der Waals surface area contributed by atoms with Crippen LogP contribution in [0, 0.1) is 0 Å². The van der Waals surface area contributed by atoms with Crippen LogP contribution in [0.3, 0.4) is 0 Å². The Morgan fingerprint density at radius 2 is 0.703 bits per heavy atom. The van der Waals surface area contributed by atoms with E-state index in [9.17, 15) is 14.4 Å². The van der Waals surface area contributed by atoms with Gasteiger partial charge in [0.1, 0.15) is 13.2 Å². The molecule has 0 aromatic rings. The maximum absolute atomic E-state index is 12.8. The molecule has 0 heterocycles. The second-order valence-corrected chi connectivity index (χ2v) is 16.1. The summed E-state index contributed by atoms with van der Waals surface area (Å²) < 4.78 is 16.7. The van der Waals surface area contributed by atoms with Crippen molar-refractivity contribution in [2.75, 3.05) is 13.2 Å². The number of rotatable bonds is 43. The van der Waals surface area contributed by atoms with Crippen LogP contribution in [-0.4, -0.2) is 37.2 Å². The highest BCUT2D eigenvalue weighted by molar-refractivity contribution is 5.71. The second kappa shape index (κ2) is 51.2. The van der Waals surface area contributed by atoms with Crippen molar-refractivity contribution in [2.24, 2.45) is 0 Å². The summed E-state index contributed by atoms with van der Waals surface area (Å²) in [6.07, 6.45) is 71.5. The highest BCUT2D eigenvalue weighted by Gasteiger charge is 2.19. The summed E-state index contributed by atoms with van der Waals surface area (Å²) in [4.78, 5) is 37.9. The molecule has 1 atom stereocenters. The molecule has 0 fully saturated rings. The molecule has 0 aliphatic carbocycles. The van der Waals surface area contributed by atoms with Crippen LogP contribution in [0.15, 0.2) is 134 Å². The maximum Gasteiger partial charge on any atom is 0.306 e. The lowest BCUT2D eigenvalue weighted by Crippen LogP contribution is -2.30. The highest BCUT2D eigenvalue weighted by atomic mass is 16.6. The first kappa shape index (κ1) is 59.5. The van der Waals surface area contributed by atoms with Gasteiger partial charge in [0.2, 0.25) is 0 Å². The number of carbonyl (C=O) groups is 3. The van der Waals surface area contributed by atoms with Gasteiger partial charge in [-0.2, -0.15) is 0 Å². The molecule has 0 amide bonds. The van der Waals surface area contributed by atoms with Crippen molar-refractivity contribution in [3.63, 3.8) is 0 Å². The van der Waals surface area contributed by atoms with Crippen LogP contribution in [0.4, 0.5) is 0 Å². The third-order valence-corrected chi connectivity index (χ3v) is 10.1. The molecule has 0 rings (SSSR count). The molecule has 0 aromatic heterocycles. The van der Waals surface area contributed by atoms with Crippen molar-refractivity contribution in [3.8, 4) is 0 Å². The van der Waals surface area contributed by atoms with E-state index in [0.29, 0.717) is 19.3 Å². The molecule has 0 radical (unpaired) electrons. The molecule has 358 valence electrons. The van der Waals surface area contributed by atoms with E-state index in [1.165, 1.54) is 57.8 Å². The molecule has 6 heteroatoms. The van der Waals surface area contributed by atoms with Crippen molar-refractivity contribution >= 4 is 17.9 Å². The summed E-state index contributed by atoms with van der Waals surface area (Å²) in [5.41, 5.74) is 0. The first-order valence-corrected chi connectivity index (χ1v) is 25.3. The second-order valence-electron chi connectivity index (χ2n) is 16.1. The van der Waals surface area contributed by atoms with Crippen LogP contribution in [-0.2, 0) is 28.6 Å². The lowest BCUT2D eigenvalue weighted by molar-refractivity contribution is -0.167. The smallest absolute Gasteiger partial charge is 0.306 e. The van der Waals surface area contributed by atoms with Crippen LogP contribution in [0.5, 0.6) is 0 Å². The molecule has 0 aliphatic heterocycles. The van der Waals surface area contributed by atoms with E-state index in [-0.39, 0.29) is 44.0 Å². The van der Waals surface area contributed by atoms with Crippen molar-refractivity contribution in [1.82, 2.24) is 0 Å². The number of allylic oxidation sites excluding steroid dienone is 22. The third-order valence-electron chi connectivity index (χ3n) is 10.1. The van der Waals surface area contributed by atoms with Crippen molar-refractivity contribution < 1.29 is 28.6 Å². The first-order chi connectivity index (χ1) is 31.5. The van der Waals surface area contributed by atoms with Gasteiger partial charge < -0.3 is 14.2 Å². The molecule has 64 heavy (non-hydrogen) atoms. The minimum Gasteiger partial charge on any atom is -0.462 e.